The SMILES string of the molecule is CN(c1nc(N)c2[nH]cnc2n1)C1CC1. The zero-order valence-corrected chi connectivity index (χ0v) is 8.44. The third-order valence-electron chi connectivity index (χ3n) is 2.71. The minimum atomic E-state index is 0.458. The van der Waals surface area contributed by atoms with E-state index in [2.05, 4.69) is 24.8 Å². The van der Waals surface area contributed by atoms with Crippen LogP contribution in [0.3, 0.4) is 0 Å². The van der Waals surface area contributed by atoms with Gasteiger partial charge in [-0.15, -0.1) is 0 Å². The first-order valence-electron chi connectivity index (χ1n) is 4.95. The Hall–Kier alpha value is -1.85. The number of rotatable bonds is 2. The van der Waals surface area contributed by atoms with Crippen molar-refractivity contribution in [2.45, 2.75) is 18.9 Å². The lowest BCUT2D eigenvalue weighted by molar-refractivity contribution is 0.868. The number of aromatic amines is 1. The molecule has 1 aliphatic rings. The molecule has 1 fully saturated rings. The molecule has 6 heteroatoms. The third kappa shape index (κ3) is 1.29. The molecule has 1 aliphatic carbocycles. The predicted octanol–water partition coefficient (Wildman–Crippen LogP) is 0.534. The van der Waals surface area contributed by atoms with Gasteiger partial charge in [0.05, 0.1) is 6.33 Å². The molecule has 0 bridgehead atoms. The lowest BCUT2D eigenvalue weighted by atomic mass is 10.5. The second kappa shape index (κ2) is 2.82. The molecule has 0 amide bonds. The molecule has 0 aromatic carbocycles. The van der Waals surface area contributed by atoms with Gasteiger partial charge < -0.3 is 15.6 Å². The minimum Gasteiger partial charge on any atom is -0.382 e. The molecule has 0 atom stereocenters. The highest BCUT2D eigenvalue weighted by Gasteiger charge is 2.28. The molecular formula is C9H12N6. The van der Waals surface area contributed by atoms with E-state index < -0.39 is 0 Å². The number of hydrogen-bond donors (Lipinski definition) is 2. The van der Waals surface area contributed by atoms with Crippen LogP contribution in [-0.2, 0) is 0 Å². The molecule has 15 heavy (non-hydrogen) atoms. The van der Waals surface area contributed by atoms with E-state index in [1.54, 1.807) is 6.33 Å². The molecule has 0 saturated heterocycles. The lowest BCUT2D eigenvalue weighted by Crippen LogP contribution is -2.22. The Balaban J connectivity index is 2.10. The van der Waals surface area contributed by atoms with E-state index in [0.717, 1.165) is 0 Å². The van der Waals surface area contributed by atoms with Gasteiger partial charge in [-0.2, -0.15) is 9.97 Å². The monoisotopic (exact) mass is 204 g/mol. The van der Waals surface area contributed by atoms with E-state index in [1.807, 2.05) is 7.05 Å². The van der Waals surface area contributed by atoms with Gasteiger partial charge in [0.15, 0.2) is 11.5 Å². The molecule has 2 heterocycles. The van der Waals surface area contributed by atoms with Crippen molar-refractivity contribution in [3.63, 3.8) is 0 Å². The van der Waals surface area contributed by atoms with Crippen molar-refractivity contribution in [2.75, 3.05) is 17.7 Å². The largest absolute Gasteiger partial charge is 0.382 e. The number of fused-ring (bicyclic) bond motifs is 1. The number of imidazole rings is 1. The summed E-state index contributed by atoms with van der Waals surface area (Å²) in [6.07, 6.45) is 3.99. The van der Waals surface area contributed by atoms with Crippen molar-refractivity contribution in [1.29, 1.82) is 0 Å². The topological polar surface area (TPSA) is 83.7 Å². The summed E-state index contributed by atoms with van der Waals surface area (Å²) in [6, 6.07) is 0.570. The van der Waals surface area contributed by atoms with Crippen LogP contribution in [0.15, 0.2) is 6.33 Å². The van der Waals surface area contributed by atoms with Crippen molar-refractivity contribution in [3.05, 3.63) is 6.33 Å². The van der Waals surface area contributed by atoms with E-state index >= 15 is 0 Å². The molecule has 0 spiro atoms. The highest BCUT2D eigenvalue weighted by molar-refractivity contribution is 5.82. The second-order valence-corrected chi connectivity index (χ2v) is 3.85. The molecule has 2 aromatic rings. The van der Waals surface area contributed by atoms with Gasteiger partial charge in [-0.25, -0.2) is 4.98 Å². The van der Waals surface area contributed by atoms with Gasteiger partial charge >= 0.3 is 0 Å². The molecule has 0 aliphatic heterocycles. The van der Waals surface area contributed by atoms with Crippen LogP contribution in [0.1, 0.15) is 12.8 Å². The van der Waals surface area contributed by atoms with Gasteiger partial charge in [-0.05, 0) is 12.8 Å². The van der Waals surface area contributed by atoms with Crippen LogP contribution in [0.4, 0.5) is 11.8 Å². The summed E-state index contributed by atoms with van der Waals surface area (Å²) in [4.78, 5) is 17.7. The van der Waals surface area contributed by atoms with E-state index in [0.29, 0.717) is 29.0 Å². The fourth-order valence-electron chi connectivity index (χ4n) is 1.63. The molecule has 0 unspecified atom stereocenters. The summed E-state index contributed by atoms with van der Waals surface area (Å²) >= 11 is 0. The minimum absolute atomic E-state index is 0.458. The quantitative estimate of drug-likeness (QED) is 0.745. The van der Waals surface area contributed by atoms with Gasteiger partial charge in [-0.3, -0.25) is 0 Å². The summed E-state index contributed by atoms with van der Waals surface area (Å²) in [5.74, 6) is 1.12. The van der Waals surface area contributed by atoms with Gasteiger partial charge in [-0.1, -0.05) is 0 Å². The number of anilines is 2. The van der Waals surface area contributed by atoms with Gasteiger partial charge in [0.25, 0.3) is 0 Å². The number of nitrogens with one attached hydrogen (secondary N) is 1. The fraction of sp³-hybridized carbons (Fsp3) is 0.444. The van der Waals surface area contributed by atoms with Crippen LogP contribution >= 0.6 is 0 Å². The fourth-order valence-corrected chi connectivity index (χ4v) is 1.63. The summed E-state index contributed by atoms with van der Waals surface area (Å²) in [7, 11) is 1.99. The Morgan fingerprint density at radius 2 is 2.27 bits per heavy atom. The van der Waals surface area contributed by atoms with Crippen molar-refractivity contribution in [2.24, 2.45) is 0 Å². The number of H-pyrrole nitrogens is 1. The number of nitrogens with two attached hydrogens (primary N) is 1. The predicted molar refractivity (Wildman–Crippen MR) is 57.5 cm³/mol. The molecule has 3 rings (SSSR count). The van der Waals surface area contributed by atoms with E-state index in [1.165, 1.54) is 12.8 Å². The van der Waals surface area contributed by atoms with Crippen molar-refractivity contribution in [1.82, 2.24) is 19.9 Å². The number of nitrogen functional groups attached to an aromatic ring is 1. The Labute approximate surface area is 86.5 Å². The van der Waals surface area contributed by atoms with Crippen molar-refractivity contribution < 1.29 is 0 Å². The van der Waals surface area contributed by atoms with Gasteiger partial charge in [0.1, 0.15) is 5.52 Å². The van der Waals surface area contributed by atoms with Crippen LogP contribution in [0.5, 0.6) is 0 Å². The Kier molecular flexibility index (Phi) is 1.59. The summed E-state index contributed by atoms with van der Waals surface area (Å²) in [5, 5.41) is 0. The smallest absolute Gasteiger partial charge is 0.229 e. The second-order valence-electron chi connectivity index (χ2n) is 3.85. The summed E-state index contributed by atoms with van der Waals surface area (Å²) in [6.45, 7) is 0. The molecule has 1 saturated carbocycles. The highest BCUT2D eigenvalue weighted by Crippen LogP contribution is 2.29. The Bertz CT molecular complexity index is 500. The van der Waals surface area contributed by atoms with Gasteiger partial charge in [0, 0.05) is 13.1 Å². The lowest BCUT2D eigenvalue weighted by Gasteiger charge is -2.15. The first kappa shape index (κ1) is 8.46. The molecular weight excluding hydrogens is 192 g/mol. The van der Waals surface area contributed by atoms with E-state index in [4.69, 9.17) is 5.73 Å². The van der Waals surface area contributed by atoms with E-state index in [9.17, 15) is 0 Å². The molecule has 0 radical (unpaired) electrons. The average Bonchev–Trinajstić information content (AvgIpc) is 2.96. The first-order valence-corrected chi connectivity index (χ1v) is 4.95. The van der Waals surface area contributed by atoms with Crippen LogP contribution in [-0.4, -0.2) is 33.0 Å². The van der Waals surface area contributed by atoms with Crippen LogP contribution in [0.2, 0.25) is 0 Å². The van der Waals surface area contributed by atoms with Gasteiger partial charge in [0.2, 0.25) is 5.95 Å². The summed E-state index contributed by atoms with van der Waals surface area (Å²) in [5.41, 5.74) is 7.15. The van der Waals surface area contributed by atoms with Crippen LogP contribution < -0.4 is 10.6 Å². The van der Waals surface area contributed by atoms with Crippen LogP contribution in [0, 0.1) is 0 Å². The highest BCUT2D eigenvalue weighted by atomic mass is 15.3. The number of aromatic nitrogens is 4. The van der Waals surface area contributed by atoms with Crippen molar-refractivity contribution >= 4 is 22.9 Å². The Morgan fingerprint density at radius 3 is 3.00 bits per heavy atom. The molecule has 6 nitrogen and oxygen atoms in total. The maximum absolute atomic E-state index is 5.81. The first-order chi connectivity index (χ1) is 7.25. The zero-order valence-electron chi connectivity index (χ0n) is 8.44. The normalized spacial score (nSPS) is 15.8. The molecule has 78 valence electrons. The average molecular weight is 204 g/mol. The maximum Gasteiger partial charge on any atom is 0.229 e. The van der Waals surface area contributed by atoms with Crippen molar-refractivity contribution in [3.8, 4) is 0 Å². The molecule has 2 aromatic heterocycles. The number of nitrogens with zero attached hydrogens (tertiary/aromatic N) is 4. The number of hydrogen-bond acceptors (Lipinski definition) is 5. The van der Waals surface area contributed by atoms with E-state index in [-0.39, 0.29) is 0 Å². The van der Waals surface area contributed by atoms with Crippen LogP contribution in [0.25, 0.3) is 11.2 Å². The zero-order chi connectivity index (χ0) is 10.4. The summed E-state index contributed by atoms with van der Waals surface area (Å²) < 4.78 is 0. The standard InChI is InChI=1S/C9H12N6/c1-15(5-2-3-5)9-13-7(10)6-8(14-9)12-4-11-6/h4-5H,2-3H2,1H3,(H3,10,11,12,13,14). The third-order valence-corrected chi connectivity index (χ3v) is 2.71. The molecule has 3 N–H and O–H groups in total. The maximum atomic E-state index is 5.81. The Morgan fingerprint density at radius 1 is 1.47 bits per heavy atom.